The molecule has 0 amide bonds. The summed E-state index contributed by atoms with van der Waals surface area (Å²) in [6, 6.07) is 11.3. The molecule has 1 aromatic heterocycles. The number of likely N-dealkylation sites (tertiary alicyclic amines) is 1. The van der Waals surface area contributed by atoms with Crippen molar-refractivity contribution >= 4 is 0 Å². The fraction of sp³-hybridized carbons (Fsp3) is 0.522. The largest absolute Gasteiger partial charge is 0.303 e. The molecule has 0 unspecified atom stereocenters. The molecule has 1 saturated heterocycles. The maximum absolute atomic E-state index is 13.3. The lowest BCUT2D eigenvalue weighted by atomic mass is 9.99. The number of hydrogen-bond donors (Lipinski definition) is 0. The van der Waals surface area contributed by atoms with Crippen LogP contribution in [0.25, 0.3) is 0 Å². The second kappa shape index (κ2) is 11.1. The van der Waals surface area contributed by atoms with E-state index >= 15 is 0 Å². The fourth-order valence-corrected chi connectivity index (χ4v) is 3.35. The van der Waals surface area contributed by atoms with Crippen molar-refractivity contribution in [3.63, 3.8) is 0 Å². The Morgan fingerprint density at radius 2 is 1.70 bits per heavy atom. The molecular weight excluding hydrogens is 342 g/mol. The van der Waals surface area contributed by atoms with Crippen molar-refractivity contribution in [1.82, 2.24) is 9.88 Å². The van der Waals surface area contributed by atoms with Gasteiger partial charge in [0.1, 0.15) is 0 Å². The number of aromatic nitrogens is 1. The molecule has 1 aromatic carbocycles. The van der Waals surface area contributed by atoms with Gasteiger partial charge < -0.3 is 4.90 Å². The molecule has 148 valence electrons. The third-order valence-electron chi connectivity index (χ3n) is 5.25. The Morgan fingerprint density at radius 1 is 1.00 bits per heavy atom. The maximum atomic E-state index is 13.3. The average Bonchev–Trinajstić information content (AvgIpc) is 2.65. The topological polar surface area (TPSA) is 16.1 Å². The van der Waals surface area contributed by atoms with E-state index < -0.39 is 11.9 Å². The molecule has 27 heavy (non-hydrogen) atoms. The van der Waals surface area contributed by atoms with Gasteiger partial charge in [-0.3, -0.25) is 0 Å². The molecule has 2 heterocycles. The SMILES string of the molecule is CC1CCN(CCc2ccc(F)nc2F)CC1.CCCc1ccccc1C. The van der Waals surface area contributed by atoms with E-state index in [1.807, 2.05) is 0 Å². The Labute approximate surface area is 162 Å². The summed E-state index contributed by atoms with van der Waals surface area (Å²) in [5.74, 6) is -0.621. The van der Waals surface area contributed by atoms with Crippen LogP contribution >= 0.6 is 0 Å². The van der Waals surface area contributed by atoms with E-state index in [9.17, 15) is 8.78 Å². The molecule has 0 spiro atoms. The Kier molecular flexibility index (Phi) is 8.86. The van der Waals surface area contributed by atoms with Crippen LogP contribution in [-0.4, -0.2) is 29.5 Å². The predicted molar refractivity (Wildman–Crippen MR) is 108 cm³/mol. The van der Waals surface area contributed by atoms with Crippen LogP contribution in [0.2, 0.25) is 0 Å². The maximum Gasteiger partial charge on any atom is 0.218 e. The van der Waals surface area contributed by atoms with Crippen LogP contribution in [0.3, 0.4) is 0 Å². The number of aryl methyl sites for hydroxylation is 2. The summed E-state index contributed by atoms with van der Waals surface area (Å²) >= 11 is 0. The predicted octanol–water partition coefficient (Wildman–Crippen LogP) is 5.58. The average molecular weight is 375 g/mol. The van der Waals surface area contributed by atoms with Gasteiger partial charge in [0.15, 0.2) is 0 Å². The zero-order valence-electron chi connectivity index (χ0n) is 16.8. The van der Waals surface area contributed by atoms with E-state index in [2.05, 4.69) is 54.9 Å². The Hall–Kier alpha value is -1.81. The minimum atomic E-state index is -0.752. The number of halogens is 2. The molecule has 0 radical (unpaired) electrons. The third kappa shape index (κ3) is 7.37. The van der Waals surface area contributed by atoms with Gasteiger partial charge in [-0.25, -0.2) is 0 Å². The van der Waals surface area contributed by atoms with Crippen LogP contribution in [0.4, 0.5) is 8.78 Å². The van der Waals surface area contributed by atoms with E-state index in [0.717, 1.165) is 25.6 Å². The van der Waals surface area contributed by atoms with Crippen molar-refractivity contribution < 1.29 is 8.78 Å². The molecule has 1 aliphatic rings. The molecule has 0 N–H and O–H groups in total. The number of piperidine rings is 1. The second-order valence-corrected chi connectivity index (χ2v) is 7.53. The lowest BCUT2D eigenvalue weighted by Crippen LogP contribution is -2.34. The minimum absolute atomic E-state index is 0.505. The number of nitrogens with zero attached hydrogens (tertiary/aromatic N) is 2. The summed E-state index contributed by atoms with van der Waals surface area (Å²) < 4.78 is 25.9. The first-order chi connectivity index (χ1) is 13.0. The molecule has 0 saturated carbocycles. The highest BCUT2D eigenvalue weighted by atomic mass is 19.1. The number of hydrogen-bond acceptors (Lipinski definition) is 2. The van der Waals surface area contributed by atoms with Gasteiger partial charge in [0.25, 0.3) is 0 Å². The van der Waals surface area contributed by atoms with Gasteiger partial charge in [-0.1, -0.05) is 44.5 Å². The summed E-state index contributed by atoms with van der Waals surface area (Å²) in [5.41, 5.74) is 3.42. The normalized spacial score (nSPS) is 15.3. The van der Waals surface area contributed by atoms with E-state index in [1.165, 1.54) is 48.9 Å². The van der Waals surface area contributed by atoms with E-state index in [1.54, 1.807) is 0 Å². The summed E-state index contributed by atoms with van der Waals surface area (Å²) in [6.07, 6.45) is 5.49. The fourth-order valence-electron chi connectivity index (χ4n) is 3.35. The van der Waals surface area contributed by atoms with Gasteiger partial charge in [-0.2, -0.15) is 13.8 Å². The van der Waals surface area contributed by atoms with Gasteiger partial charge in [0, 0.05) is 12.1 Å². The quantitative estimate of drug-likeness (QED) is 0.635. The Balaban J connectivity index is 0.000000223. The first kappa shape index (κ1) is 21.5. The highest BCUT2D eigenvalue weighted by Crippen LogP contribution is 2.16. The van der Waals surface area contributed by atoms with Gasteiger partial charge in [-0.05, 0) is 74.9 Å². The number of rotatable bonds is 5. The van der Waals surface area contributed by atoms with Crippen molar-refractivity contribution in [3.8, 4) is 0 Å². The standard InChI is InChI=1S/C13H18F2N2.C10H14/c1-10-4-7-17(8-5-10)9-6-11-2-3-12(14)16-13(11)15;1-3-6-10-8-5-4-7-9(10)2/h2-3,10H,4-9H2,1H3;4-5,7-8H,3,6H2,1-2H3. The molecule has 0 atom stereocenters. The van der Waals surface area contributed by atoms with Crippen LogP contribution < -0.4 is 0 Å². The van der Waals surface area contributed by atoms with Crippen molar-refractivity contribution in [1.29, 1.82) is 0 Å². The molecular formula is C23H32F2N2. The van der Waals surface area contributed by atoms with Gasteiger partial charge in [0.05, 0.1) is 0 Å². The molecule has 2 aromatic rings. The second-order valence-electron chi connectivity index (χ2n) is 7.53. The lowest BCUT2D eigenvalue weighted by molar-refractivity contribution is 0.194. The Bertz CT molecular complexity index is 695. The van der Waals surface area contributed by atoms with Gasteiger partial charge in [0.2, 0.25) is 11.9 Å². The number of benzene rings is 1. The van der Waals surface area contributed by atoms with Crippen LogP contribution in [0, 0.1) is 24.7 Å². The summed E-state index contributed by atoms with van der Waals surface area (Å²) in [4.78, 5) is 5.53. The summed E-state index contributed by atoms with van der Waals surface area (Å²) in [5, 5.41) is 0. The molecule has 3 rings (SSSR count). The molecule has 0 bridgehead atoms. The lowest BCUT2D eigenvalue weighted by Gasteiger charge is -2.30. The summed E-state index contributed by atoms with van der Waals surface area (Å²) in [6.45, 7) is 9.64. The molecule has 0 aliphatic carbocycles. The zero-order chi connectivity index (χ0) is 19.6. The first-order valence-electron chi connectivity index (χ1n) is 10.1. The van der Waals surface area contributed by atoms with Crippen LogP contribution in [0.1, 0.15) is 49.8 Å². The minimum Gasteiger partial charge on any atom is -0.303 e. The monoisotopic (exact) mass is 374 g/mol. The molecule has 2 nitrogen and oxygen atoms in total. The first-order valence-corrected chi connectivity index (χ1v) is 10.1. The van der Waals surface area contributed by atoms with Crippen molar-refractivity contribution in [2.45, 2.75) is 52.9 Å². The van der Waals surface area contributed by atoms with Crippen molar-refractivity contribution in [2.24, 2.45) is 5.92 Å². The van der Waals surface area contributed by atoms with Crippen molar-refractivity contribution in [2.75, 3.05) is 19.6 Å². The van der Waals surface area contributed by atoms with Crippen molar-refractivity contribution in [3.05, 3.63) is 65.0 Å². The number of pyridine rings is 1. The highest BCUT2D eigenvalue weighted by Gasteiger charge is 2.16. The molecule has 4 heteroatoms. The smallest absolute Gasteiger partial charge is 0.218 e. The highest BCUT2D eigenvalue weighted by molar-refractivity contribution is 5.25. The molecule has 1 aliphatic heterocycles. The zero-order valence-corrected chi connectivity index (χ0v) is 16.8. The van der Waals surface area contributed by atoms with E-state index in [-0.39, 0.29) is 0 Å². The molecule has 1 fully saturated rings. The van der Waals surface area contributed by atoms with Gasteiger partial charge in [-0.15, -0.1) is 0 Å². The Morgan fingerprint density at radius 3 is 2.33 bits per heavy atom. The van der Waals surface area contributed by atoms with E-state index in [4.69, 9.17) is 0 Å². The van der Waals surface area contributed by atoms with E-state index in [0.29, 0.717) is 12.0 Å². The van der Waals surface area contributed by atoms with Crippen LogP contribution in [0.5, 0.6) is 0 Å². The third-order valence-corrected chi connectivity index (χ3v) is 5.25. The van der Waals surface area contributed by atoms with Crippen LogP contribution in [0.15, 0.2) is 36.4 Å². The summed E-state index contributed by atoms with van der Waals surface area (Å²) in [7, 11) is 0. The van der Waals surface area contributed by atoms with Gasteiger partial charge >= 0.3 is 0 Å². The van der Waals surface area contributed by atoms with Crippen LogP contribution in [-0.2, 0) is 12.8 Å².